The molecule has 100 valence electrons. The minimum atomic E-state index is 0.531. The van der Waals surface area contributed by atoms with Gasteiger partial charge in [-0.25, -0.2) is 0 Å². The molecule has 2 atom stereocenters. The number of benzene rings is 1. The van der Waals surface area contributed by atoms with E-state index in [0.29, 0.717) is 12.0 Å². The van der Waals surface area contributed by atoms with Crippen molar-refractivity contribution in [3.8, 4) is 0 Å². The molecule has 0 saturated heterocycles. The normalized spacial score (nSPS) is 18.9. The maximum Gasteiger partial charge on any atom is 0.0348 e. The predicted molar refractivity (Wildman–Crippen MR) is 78.8 cm³/mol. The molecule has 0 heterocycles. The van der Waals surface area contributed by atoms with E-state index < -0.39 is 0 Å². The van der Waals surface area contributed by atoms with Gasteiger partial charge in [-0.15, -0.1) is 0 Å². The third kappa shape index (κ3) is 3.14. The first-order valence-electron chi connectivity index (χ1n) is 7.46. The molecule has 1 aliphatic rings. The van der Waals surface area contributed by atoms with E-state index in [2.05, 4.69) is 57.3 Å². The lowest BCUT2D eigenvalue weighted by molar-refractivity contribution is 0.355. The highest BCUT2D eigenvalue weighted by Crippen LogP contribution is 2.42. The fraction of sp³-hybridized carbons (Fsp3) is 0.647. The van der Waals surface area contributed by atoms with Gasteiger partial charge in [-0.05, 0) is 48.3 Å². The van der Waals surface area contributed by atoms with Crippen LogP contribution < -0.4 is 5.32 Å². The molecule has 0 bridgehead atoms. The van der Waals surface area contributed by atoms with Crippen LogP contribution in [0.4, 0.5) is 0 Å². The average Bonchev–Trinajstić information content (AvgIpc) is 3.19. The number of hydrogen-bond donors (Lipinski definition) is 1. The molecule has 1 N–H and O–H groups in total. The fourth-order valence-electron chi connectivity index (χ4n) is 2.81. The van der Waals surface area contributed by atoms with Gasteiger partial charge in [0.05, 0.1) is 0 Å². The molecule has 0 amide bonds. The minimum absolute atomic E-state index is 0.531. The van der Waals surface area contributed by atoms with E-state index in [9.17, 15) is 0 Å². The van der Waals surface area contributed by atoms with Gasteiger partial charge in [-0.2, -0.15) is 0 Å². The van der Waals surface area contributed by atoms with Crippen molar-refractivity contribution in [1.29, 1.82) is 0 Å². The highest BCUT2D eigenvalue weighted by molar-refractivity contribution is 5.27. The van der Waals surface area contributed by atoms with Crippen LogP contribution in [-0.4, -0.2) is 6.54 Å². The van der Waals surface area contributed by atoms with Crippen LogP contribution in [0.5, 0.6) is 0 Å². The smallest absolute Gasteiger partial charge is 0.0348 e. The van der Waals surface area contributed by atoms with Crippen molar-refractivity contribution in [2.75, 3.05) is 6.54 Å². The summed E-state index contributed by atoms with van der Waals surface area (Å²) in [6.45, 7) is 10.2. The quantitative estimate of drug-likeness (QED) is 0.777. The number of nitrogens with one attached hydrogen (secondary N) is 1. The summed E-state index contributed by atoms with van der Waals surface area (Å²) in [5.41, 5.74) is 2.90. The Morgan fingerprint density at radius 1 is 1.06 bits per heavy atom. The van der Waals surface area contributed by atoms with Gasteiger partial charge >= 0.3 is 0 Å². The summed E-state index contributed by atoms with van der Waals surface area (Å²) in [5, 5.41) is 3.67. The van der Waals surface area contributed by atoms with Crippen LogP contribution in [0.2, 0.25) is 0 Å². The van der Waals surface area contributed by atoms with Crippen LogP contribution >= 0.6 is 0 Å². The second-order valence-electron chi connectivity index (χ2n) is 6.05. The second kappa shape index (κ2) is 5.88. The lowest BCUT2D eigenvalue weighted by Gasteiger charge is -2.25. The second-order valence-corrected chi connectivity index (χ2v) is 6.05. The molecule has 1 aromatic rings. The Kier molecular flexibility index (Phi) is 4.45. The topological polar surface area (TPSA) is 12.0 Å². The Balaban J connectivity index is 2.13. The van der Waals surface area contributed by atoms with E-state index in [-0.39, 0.29) is 0 Å². The van der Waals surface area contributed by atoms with Crippen molar-refractivity contribution in [3.63, 3.8) is 0 Å². The van der Waals surface area contributed by atoms with Crippen molar-refractivity contribution in [1.82, 2.24) is 5.32 Å². The summed E-state index contributed by atoms with van der Waals surface area (Å²) in [6.07, 6.45) is 2.85. The summed E-state index contributed by atoms with van der Waals surface area (Å²) in [4.78, 5) is 0. The van der Waals surface area contributed by atoms with Gasteiger partial charge in [-0.1, -0.05) is 52.0 Å². The third-order valence-corrected chi connectivity index (χ3v) is 4.28. The molecule has 1 heteroatoms. The molecule has 0 aromatic heterocycles. The number of rotatable bonds is 6. The molecule has 2 rings (SSSR count). The first-order valence-corrected chi connectivity index (χ1v) is 7.46. The van der Waals surface area contributed by atoms with E-state index in [1.165, 1.54) is 24.0 Å². The highest BCUT2D eigenvalue weighted by Gasteiger charge is 2.33. The van der Waals surface area contributed by atoms with Crippen LogP contribution in [0.3, 0.4) is 0 Å². The SMILES string of the molecule is CCNC(c1ccc(C(C)C)cc1)C(C)C1CC1. The number of hydrogen-bond acceptors (Lipinski definition) is 1. The predicted octanol–water partition coefficient (Wildman–Crippen LogP) is 4.51. The monoisotopic (exact) mass is 245 g/mol. The maximum atomic E-state index is 3.67. The van der Waals surface area contributed by atoms with Gasteiger partial charge in [-0.3, -0.25) is 0 Å². The Morgan fingerprint density at radius 3 is 2.06 bits per heavy atom. The Morgan fingerprint density at radius 2 is 1.61 bits per heavy atom. The largest absolute Gasteiger partial charge is 0.310 e. The zero-order valence-corrected chi connectivity index (χ0v) is 12.2. The highest BCUT2D eigenvalue weighted by atomic mass is 14.9. The van der Waals surface area contributed by atoms with Crippen LogP contribution in [-0.2, 0) is 0 Å². The van der Waals surface area contributed by atoms with Crippen molar-refractivity contribution >= 4 is 0 Å². The summed E-state index contributed by atoms with van der Waals surface area (Å²) < 4.78 is 0. The molecule has 0 radical (unpaired) electrons. The molecule has 0 spiro atoms. The summed E-state index contributed by atoms with van der Waals surface area (Å²) in [5.74, 6) is 2.33. The van der Waals surface area contributed by atoms with Crippen molar-refractivity contribution in [3.05, 3.63) is 35.4 Å². The molecular weight excluding hydrogens is 218 g/mol. The first kappa shape index (κ1) is 13.6. The van der Waals surface area contributed by atoms with Gasteiger partial charge in [0.1, 0.15) is 0 Å². The first-order chi connectivity index (χ1) is 8.63. The third-order valence-electron chi connectivity index (χ3n) is 4.28. The minimum Gasteiger partial charge on any atom is -0.310 e. The standard InChI is InChI=1S/C17H27N/c1-5-18-17(13(4)15-8-9-15)16-10-6-14(7-11-16)12(2)3/h6-7,10-13,15,17-18H,5,8-9H2,1-4H3. The van der Waals surface area contributed by atoms with E-state index in [1.807, 2.05) is 0 Å². The molecular formula is C17H27N. The van der Waals surface area contributed by atoms with Gasteiger partial charge < -0.3 is 5.32 Å². The lowest BCUT2D eigenvalue weighted by atomic mass is 9.89. The molecule has 18 heavy (non-hydrogen) atoms. The van der Waals surface area contributed by atoms with Crippen LogP contribution in [0, 0.1) is 11.8 Å². The zero-order valence-electron chi connectivity index (χ0n) is 12.2. The molecule has 1 aromatic carbocycles. The van der Waals surface area contributed by atoms with Crippen LogP contribution in [0.25, 0.3) is 0 Å². The summed E-state index contributed by atoms with van der Waals surface area (Å²) >= 11 is 0. The summed E-state index contributed by atoms with van der Waals surface area (Å²) in [7, 11) is 0. The molecule has 1 saturated carbocycles. The molecule has 0 aliphatic heterocycles. The molecule has 1 nitrogen and oxygen atoms in total. The van der Waals surface area contributed by atoms with E-state index in [1.54, 1.807) is 0 Å². The van der Waals surface area contributed by atoms with Gasteiger partial charge in [0.15, 0.2) is 0 Å². The van der Waals surface area contributed by atoms with Crippen LogP contribution in [0.1, 0.15) is 63.6 Å². The molecule has 1 fully saturated rings. The fourth-order valence-corrected chi connectivity index (χ4v) is 2.81. The lowest BCUT2D eigenvalue weighted by Crippen LogP contribution is -2.27. The average molecular weight is 245 g/mol. The van der Waals surface area contributed by atoms with Gasteiger partial charge in [0, 0.05) is 6.04 Å². The maximum absolute atomic E-state index is 3.67. The van der Waals surface area contributed by atoms with Crippen molar-refractivity contribution in [2.24, 2.45) is 11.8 Å². The Bertz CT molecular complexity index is 362. The summed E-state index contributed by atoms with van der Waals surface area (Å²) in [6, 6.07) is 9.76. The van der Waals surface area contributed by atoms with Crippen LogP contribution in [0.15, 0.2) is 24.3 Å². The van der Waals surface area contributed by atoms with Gasteiger partial charge in [0.25, 0.3) is 0 Å². The Hall–Kier alpha value is -0.820. The van der Waals surface area contributed by atoms with E-state index in [0.717, 1.165) is 18.4 Å². The van der Waals surface area contributed by atoms with E-state index in [4.69, 9.17) is 0 Å². The van der Waals surface area contributed by atoms with Crippen molar-refractivity contribution < 1.29 is 0 Å². The van der Waals surface area contributed by atoms with Crippen molar-refractivity contribution in [2.45, 2.75) is 52.5 Å². The molecule has 2 unspecified atom stereocenters. The van der Waals surface area contributed by atoms with E-state index >= 15 is 0 Å². The molecule has 1 aliphatic carbocycles. The van der Waals surface area contributed by atoms with Gasteiger partial charge in [0.2, 0.25) is 0 Å². The Labute approximate surface area is 112 Å². The zero-order chi connectivity index (χ0) is 13.1.